The molecule has 3 aromatic carbocycles. The zero-order chi connectivity index (χ0) is 22.5. The van der Waals surface area contributed by atoms with Crippen LogP contribution in [0.4, 0.5) is 23.5 Å². The number of rotatable bonds is 7. The van der Waals surface area contributed by atoms with Gasteiger partial charge in [0, 0.05) is 29.7 Å². The van der Waals surface area contributed by atoms with Crippen molar-refractivity contribution in [3.8, 4) is 5.75 Å². The van der Waals surface area contributed by atoms with Crippen molar-refractivity contribution in [2.24, 2.45) is 5.10 Å². The Bertz CT molecular complexity index is 1270. The Kier molecular flexibility index (Phi) is 5.97. The Morgan fingerprint density at radius 2 is 1.58 bits per heavy atom. The van der Waals surface area contributed by atoms with E-state index in [-0.39, 0.29) is 0 Å². The van der Waals surface area contributed by atoms with Crippen molar-refractivity contribution >= 4 is 40.5 Å². The highest BCUT2D eigenvalue weighted by molar-refractivity contribution is 6.02. The molecule has 2 N–H and O–H groups in total. The van der Waals surface area contributed by atoms with Crippen LogP contribution in [0.25, 0.3) is 10.8 Å². The highest BCUT2D eigenvalue weighted by Crippen LogP contribution is 2.27. The van der Waals surface area contributed by atoms with E-state index in [1.54, 1.807) is 13.3 Å². The van der Waals surface area contributed by atoms with E-state index >= 15 is 0 Å². The first-order valence-corrected chi connectivity index (χ1v) is 11.0. The molecule has 1 aliphatic rings. The van der Waals surface area contributed by atoms with Gasteiger partial charge in [-0.05, 0) is 42.5 Å². The number of hydrazone groups is 1. The van der Waals surface area contributed by atoms with Crippen LogP contribution < -0.4 is 20.4 Å². The lowest BCUT2D eigenvalue weighted by molar-refractivity contribution is 0.420. The third-order valence-corrected chi connectivity index (χ3v) is 5.55. The fourth-order valence-electron chi connectivity index (χ4n) is 3.92. The lowest BCUT2D eigenvalue weighted by Gasteiger charge is -2.16. The molecule has 0 spiro atoms. The number of benzene rings is 3. The van der Waals surface area contributed by atoms with Gasteiger partial charge < -0.3 is 15.0 Å². The smallest absolute Gasteiger partial charge is 0.250 e. The average Bonchev–Trinajstić information content (AvgIpc) is 3.40. The first-order chi connectivity index (χ1) is 16.3. The van der Waals surface area contributed by atoms with Gasteiger partial charge in [0.1, 0.15) is 5.75 Å². The van der Waals surface area contributed by atoms with Crippen molar-refractivity contribution < 1.29 is 4.74 Å². The van der Waals surface area contributed by atoms with E-state index in [0.29, 0.717) is 17.8 Å². The van der Waals surface area contributed by atoms with Gasteiger partial charge in [0.2, 0.25) is 17.8 Å². The minimum absolute atomic E-state index is 0.388. The van der Waals surface area contributed by atoms with E-state index in [1.165, 1.54) is 0 Å². The summed E-state index contributed by atoms with van der Waals surface area (Å²) in [7, 11) is 1.68. The Morgan fingerprint density at radius 1 is 0.848 bits per heavy atom. The van der Waals surface area contributed by atoms with Crippen LogP contribution in [-0.4, -0.2) is 41.4 Å². The molecule has 0 saturated carbocycles. The minimum atomic E-state index is 0.388. The van der Waals surface area contributed by atoms with Crippen molar-refractivity contribution in [3.05, 3.63) is 72.3 Å². The first kappa shape index (κ1) is 20.7. The van der Waals surface area contributed by atoms with Crippen molar-refractivity contribution in [2.45, 2.75) is 12.8 Å². The standard InChI is InChI=1S/C25H25N7O/c1-33-22-14-13-18(20-11-5-6-12-21(20)22)17-26-31-24-28-23(27-19-9-3-2-4-10-19)29-25(30-24)32-15-7-8-16-32/h2-6,9-14,17H,7-8,15-16H2,1H3,(H2,27,28,29,30,31)/b26-17-. The molecule has 0 radical (unpaired) electrons. The molecule has 0 atom stereocenters. The zero-order valence-corrected chi connectivity index (χ0v) is 18.4. The Balaban J connectivity index is 1.42. The van der Waals surface area contributed by atoms with E-state index in [2.05, 4.69) is 41.8 Å². The Morgan fingerprint density at radius 3 is 2.36 bits per heavy atom. The van der Waals surface area contributed by atoms with E-state index in [4.69, 9.17) is 4.74 Å². The molecular formula is C25H25N7O. The molecule has 2 heterocycles. The molecule has 0 unspecified atom stereocenters. The Labute approximate surface area is 192 Å². The van der Waals surface area contributed by atoms with Gasteiger partial charge in [-0.15, -0.1) is 0 Å². The summed E-state index contributed by atoms with van der Waals surface area (Å²) >= 11 is 0. The van der Waals surface area contributed by atoms with Gasteiger partial charge in [0.15, 0.2) is 0 Å². The van der Waals surface area contributed by atoms with Crippen molar-refractivity contribution in [2.75, 3.05) is 35.8 Å². The number of anilines is 4. The van der Waals surface area contributed by atoms with Gasteiger partial charge in [-0.2, -0.15) is 20.1 Å². The number of fused-ring (bicyclic) bond motifs is 1. The third-order valence-electron chi connectivity index (χ3n) is 5.55. The molecule has 8 nitrogen and oxygen atoms in total. The minimum Gasteiger partial charge on any atom is -0.496 e. The Hall–Kier alpha value is -4.20. The average molecular weight is 440 g/mol. The largest absolute Gasteiger partial charge is 0.496 e. The van der Waals surface area contributed by atoms with Crippen LogP contribution in [0, 0.1) is 0 Å². The third kappa shape index (κ3) is 4.69. The number of ether oxygens (including phenoxy) is 1. The number of nitrogens with zero attached hydrogens (tertiary/aromatic N) is 5. The van der Waals surface area contributed by atoms with Gasteiger partial charge in [-0.3, -0.25) is 0 Å². The van der Waals surface area contributed by atoms with E-state index in [1.807, 2.05) is 60.7 Å². The van der Waals surface area contributed by atoms with E-state index in [9.17, 15) is 0 Å². The molecule has 5 rings (SSSR count). The molecular weight excluding hydrogens is 414 g/mol. The van der Waals surface area contributed by atoms with Crippen LogP contribution in [0.3, 0.4) is 0 Å². The van der Waals surface area contributed by atoms with Crippen LogP contribution in [0.15, 0.2) is 71.8 Å². The van der Waals surface area contributed by atoms with Crippen LogP contribution in [-0.2, 0) is 0 Å². The SMILES string of the molecule is COc1ccc(/C=N\Nc2nc(Nc3ccccc3)nc(N3CCCC3)n2)c2ccccc12. The summed E-state index contributed by atoms with van der Waals surface area (Å²) in [6.07, 6.45) is 4.04. The molecule has 0 bridgehead atoms. The molecule has 1 aliphatic heterocycles. The van der Waals surface area contributed by atoms with Crippen molar-refractivity contribution in [1.82, 2.24) is 15.0 Å². The molecule has 0 amide bonds. The van der Waals surface area contributed by atoms with Crippen molar-refractivity contribution in [3.63, 3.8) is 0 Å². The predicted molar refractivity (Wildman–Crippen MR) is 133 cm³/mol. The second-order valence-corrected chi connectivity index (χ2v) is 7.74. The van der Waals surface area contributed by atoms with Crippen LogP contribution >= 0.6 is 0 Å². The molecule has 4 aromatic rings. The highest BCUT2D eigenvalue weighted by Gasteiger charge is 2.17. The monoisotopic (exact) mass is 439 g/mol. The fraction of sp³-hybridized carbons (Fsp3) is 0.200. The summed E-state index contributed by atoms with van der Waals surface area (Å²) in [5.41, 5.74) is 4.87. The second kappa shape index (κ2) is 9.52. The first-order valence-electron chi connectivity index (χ1n) is 11.0. The summed E-state index contributed by atoms with van der Waals surface area (Å²) in [6, 6.07) is 21.9. The summed E-state index contributed by atoms with van der Waals surface area (Å²) in [5, 5.41) is 9.77. The maximum atomic E-state index is 5.48. The van der Waals surface area contributed by atoms with Gasteiger partial charge in [0.05, 0.1) is 13.3 Å². The number of hydrogen-bond acceptors (Lipinski definition) is 8. The van der Waals surface area contributed by atoms with Gasteiger partial charge in [-0.25, -0.2) is 5.43 Å². The number of aromatic nitrogens is 3. The predicted octanol–water partition coefficient (Wildman–Crippen LogP) is 4.82. The summed E-state index contributed by atoms with van der Waals surface area (Å²) in [4.78, 5) is 15.9. The summed E-state index contributed by atoms with van der Waals surface area (Å²) in [6.45, 7) is 1.88. The number of methoxy groups -OCH3 is 1. The molecule has 8 heteroatoms. The molecule has 1 saturated heterocycles. The van der Waals surface area contributed by atoms with E-state index in [0.717, 1.165) is 53.7 Å². The van der Waals surface area contributed by atoms with Crippen LogP contribution in [0.1, 0.15) is 18.4 Å². The van der Waals surface area contributed by atoms with Crippen LogP contribution in [0.2, 0.25) is 0 Å². The maximum absolute atomic E-state index is 5.48. The number of para-hydroxylation sites is 1. The zero-order valence-electron chi connectivity index (χ0n) is 18.4. The van der Waals surface area contributed by atoms with Crippen molar-refractivity contribution in [1.29, 1.82) is 0 Å². The second-order valence-electron chi connectivity index (χ2n) is 7.74. The lowest BCUT2D eigenvalue weighted by Crippen LogP contribution is -2.21. The lowest BCUT2D eigenvalue weighted by atomic mass is 10.0. The normalized spacial score (nSPS) is 13.5. The molecule has 0 aliphatic carbocycles. The fourth-order valence-corrected chi connectivity index (χ4v) is 3.92. The van der Waals surface area contributed by atoms with Gasteiger partial charge in [0.25, 0.3) is 0 Å². The number of nitrogens with one attached hydrogen (secondary N) is 2. The van der Waals surface area contributed by atoms with Gasteiger partial charge in [-0.1, -0.05) is 42.5 Å². The molecule has 33 heavy (non-hydrogen) atoms. The van der Waals surface area contributed by atoms with Crippen LogP contribution in [0.5, 0.6) is 5.75 Å². The van der Waals surface area contributed by atoms with Gasteiger partial charge >= 0.3 is 0 Å². The molecule has 166 valence electrons. The topological polar surface area (TPSA) is 87.6 Å². The molecule has 1 fully saturated rings. The summed E-state index contributed by atoms with van der Waals surface area (Å²) < 4.78 is 5.48. The summed E-state index contributed by atoms with van der Waals surface area (Å²) in [5.74, 6) is 2.35. The highest BCUT2D eigenvalue weighted by atomic mass is 16.5. The quantitative estimate of drug-likeness (QED) is 0.315. The van der Waals surface area contributed by atoms with E-state index < -0.39 is 0 Å². The molecule has 1 aromatic heterocycles. The number of hydrogen-bond donors (Lipinski definition) is 2. The maximum Gasteiger partial charge on any atom is 0.250 e.